The van der Waals surface area contributed by atoms with Gasteiger partial charge in [-0.15, -0.1) is 0 Å². The van der Waals surface area contributed by atoms with Crippen LogP contribution < -0.4 is 4.90 Å². The molecule has 2 amide bonds. The monoisotopic (exact) mass is 438 g/mol. The second-order valence-electron chi connectivity index (χ2n) is 10.7. The van der Waals surface area contributed by atoms with Crippen LogP contribution in [0, 0.1) is 23.2 Å². The zero-order valence-electron chi connectivity index (χ0n) is 19.2. The van der Waals surface area contributed by atoms with Gasteiger partial charge in [-0.25, -0.2) is 4.79 Å². The summed E-state index contributed by atoms with van der Waals surface area (Å²) >= 11 is 0. The van der Waals surface area contributed by atoms with Crippen LogP contribution in [0.2, 0.25) is 0 Å². The van der Waals surface area contributed by atoms with Gasteiger partial charge in [0.05, 0.1) is 5.41 Å². The Morgan fingerprint density at radius 1 is 1.03 bits per heavy atom. The molecule has 1 aromatic carbocycles. The molecule has 6 nitrogen and oxygen atoms in total. The summed E-state index contributed by atoms with van der Waals surface area (Å²) in [6.45, 7) is 2.23. The Morgan fingerprint density at radius 2 is 1.62 bits per heavy atom. The summed E-state index contributed by atoms with van der Waals surface area (Å²) in [5.41, 5.74) is 0.493. The van der Waals surface area contributed by atoms with Crippen molar-refractivity contribution >= 4 is 23.5 Å². The maximum atomic E-state index is 13.8. The predicted molar refractivity (Wildman–Crippen MR) is 121 cm³/mol. The number of amides is 2. The molecule has 1 heterocycles. The topological polar surface area (TPSA) is 66.9 Å². The molecule has 0 N–H and O–H groups in total. The first kappa shape index (κ1) is 21.5. The highest BCUT2D eigenvalue weighted by Crippen LogP contribution is 2.60. The number of likely N-dealkylation sites (tertiary alicyclic amines) is 1. The van der Waals surface area contributed by atoms with E-state index in [0.29, 0.717) is 30.7 Å². The van der Waals surface area contributed by atoms with Gasteiger partial charge in [-0.1, -0.05) is 18.2 Å². The summed E-state index contributed by atoms with van der Waals surface area (Å²) in [4.78, 5) is 43.0. The molecule has 0 aromatic heterocycles. The van der Waals surface area contributed by atoms with E-state index in [1.54, 1.807) is 18.9 Å². The average molecular weight is 439 g/mol. The molecule has 0 spiro atoms. The standard InChI is InChI=1S/C26H34N2O4/c1-17(23(29)27(2)21-7-4-3-5-8-21)32-24(30)22-9-6-10-28(22)25(31)26-14-18-11-19(15-26)13-20(12-18)16-26/h3-5,7-8,17-20,22H,6,9-16H2,1-2H3/t17-,18?,19?,20?,22+,26?/m0/s1. The quantitative estimate of drug-likeness (QED) is 0.656. The molecule has 4 bridgehead atoms. The summed E-state index contributed by atoms with van der Waals surface area (Å²) in [6.07, 6.45) is 7.36. The summed E-state index contributed by atoms with van der Waals surface area (Å²) in [6, 6.07) is 8.74. The van der Waals surface area contributed by atoms with Crippen molar-refractivity contribution in [3.63, 3.8) is 0 Å². The van der Waals surface area contributed by atoms with Crippen LogP contribution in [0.5, 0.6) is 0 Å². The fourth-order valence-electron chi connectivity index (χ4n) is 7.29. The molecule has 1 aromatic rings. The van der Waals surface area contributed by atoms with E-state index in [4.69, 9.17) is 4.74 Å². The minimum atomic E-state index is -0.898. The smallest absolute Gasteiger partial charge is 0.329 e. The van der Waals surface area contributed by atoms with Crippen molar-refractivity contribution in [2.24, 2.45) is 23.2 Å². The Labute approximate surface area is 190 Å². The maximum Gasteiger partial charge on any atom is 0.329 e. The van der Waals surface area contributed by atoms with Crippen LogP contribution >= 0.6 is 0 Å². The number of hydrogen-bond acceptors (Lipinski definition) is 4. The van der Waals surface area contributed by atoms with Crippen LogP contribution in [0.3, 0.4) is 0 Å². The van der Waals surface area contributed by atoms with Crippen LogP contribution in [0.4, 0.5) is 5.69 Å². The van der Waals surface area contributed by atoms with Crippen molar-refractivity contribution in [3.8, 4) is 0 Å². The summed E-state index contributed by atoms with van der Waals surface area (Å²) in [5, 5.41) is 0. The highest BCUT2D eigenvalue weighted by atomic mass is 16.5. The number of rotatable bonds is 5. The average Bonchev–Trinajstić information content (AvgIpc) is 3.27. The molecule has 5 aliphatic rings. The van der Waals surface area contributed by atoms with Crippen molar-refractivity contribution < 1.29 is 19.1 Å². The first-order valence-electron chi connectivity index (χ1n) is 12.2. The van der Waals surface area contributed by atoms with Gasteiger partial charge in [0.25, 0.3) is 5.91 Å². The molecule has 1 saturated heterocycles. The molecule has 1 aliphatic heterocycles. The fraction of sp³-hybridized carbons (Fsp3) is 0.654. The maximum absolute atomic E-state index is 13.8. The lowest BCUT2D eigenvalue weighted by atomic mass is 9.49. The van der Waals surface area contributed by atoms with Gasteiger partial charge in [-0.05, 0) is 88.2 Å². The van der Waals surface area contributed by atoms with Crippen molar-refractivity contribution in [1.29, 1.82) is 0 Å². The van der Waals surface area contributed by atoms with Crippen molar-refractivity contribution in [2.45, 2.75) is 70.4 Å². The molecule has 4 aliphatic carbocycles. The molecule has 0 unspecified atom stereocenters. The van der Waals surface area contributed by atoms with E-state index in [1.165, 1.54) is 24.2 Å². The van der Waals surface area contributed by atoms with Gasteiger partial charge < -0.3 is 14.5 Å². The lowest BCUT2D eigenvalue weighted by molar-refractivity contribution is -0.168. The first-order chi connectivity index (χ1) is 15.4. The third kappa shape index (κ3) is 3.71. The van der Waals surface area contributed by atoms with Gasteiger partial charge in [0, 0.05) is 19.3 Å². The second-order valence-corrected chi connectivity index (χ2v) is 10.7. The van der Waals surface area contributed by atoms with E-state index in [9.17, 15) is 14.4 Å². The summed E-state index contributed by atoms with van der Waals surface area (Å²) < 4.78 is 5.61. The highest BCUT2D eigenvalue weighted by molar-refractivity contribution is 5.97. The van der Waals surface area contributed by atoms with E-state index in [1.807, 2.05) is 30.3 Å². The number of benzene rings is 1. The zero-order chi connectivity index (χ0) is 22.5. The normalized spacial score (nSPS) is 33.8. The number of carbonyl (C=O) groups is 3. The van der Waals surface area contributed by atoms with Gasteiger partial charge >= 0.3 is 5.97 Å². The number of para-hydroxylation sites is 1. The molecule has 4 saturated carbocycles. The number of hydrogen-bond donors (Lipinski definition) is 0. The number of esters is 1. The van der Waals surface area contributed by atoms with Gasteiger partial charge in [-0.3, -0.25) is 9.59 Å². The Kier molecular flexibility index (Phi) is 5.50. The lowest BCUT2D eigenvalue weighted by Gasteiger charge is -2.56. The molecule has 2 atom stereocenters. The highest BCUT2D eigenvalue weighted by Gasteiger charge is 2.57. The Morgan fingerprint density at radius 3 is 2.22 bits per heavy atom. The van der Waals surface area contributed by atoms with Crippen molar-refractivity contribution in [1.82, 2.24) is 4.90 Å². The molecule has 6 heteroatoms. The number of anilines is 1. The Hall–Kier alpha value is -2.37. The summed E-state index contributed by atoms with van der Waals surface area (Å²) in [7, 11) is 1.68. The van der Waals surface area contributed by atoms with Gasteiger partial charge in [0.2, 0.25) is 5.91 Å². The SMILES string of the molecule is C[C@H](OC(=O)[C@H]1CCCN1C(=O)C12CC3CC(CC(C3)C1)C2)C(=O)N(C)c1ccccc1. The van der Waals surface area contributed by atoms with E-state index >= 15 is 0 Å². The van der Waals surface area contributed by atoms with Gasteiger partial charge in [0.1, 0.15) is 6.04 Å². The number of likely N-dealkylation sites (N-methyl/N-ethyl adjacent to an activating group) is 1. The van der Waals surface area contributed by atoms with Crippen LogP contribution in [0.25, 0.3) is 0 Å². The molecule has 0 radical (unpaired) electrons. The van der Waals surface area contributed by atoms with Crippen molar-refractivity contribution in [2.75, 3.05) is 18.5 Å². The number of carbonyl (C=O) groups excluding carboxylic acids is 3. The van der Waals surface area contributed by atoms with E-state index in [0.717, 1.165) is 31.4 Å². The Balaban J connectivity index is 1.25. The number of ether oxygens (including phenoxy) is 1. The largest absolute Gasteiger partial charge is 0.451 e. The third-order valence-corrected chi connectivity index (χ3v) is 8.39. The van der Waals surface area contributed by atoms with Crippen LogP contribution in [0.15, 0.2) is 30.3 Å². The lowest BCUT2D eigenvalue weighted by Crippen LogP contribution is -2.56. The minimum absolute atomic E-state index is 0.177. The number of nitrogens with zero attached hydrogens (tertiary/aromatic N) is 2. The van der Waals surface area contributed by atoms with E-state index < -0.39 is 18.1 Å². The Bertz CT molecular complexity index is 863. The third-order valence-electron chi connectivity index (χ3n) is 8.39. The van der Waals surface area contributed by atoms with Gasteiger partial charge in [-0.2, -0.15) is 0 Å². The predicted octanol–water partition coefficient (Wildman–Crippen LogP) is 3.79. The second kappa shape index (κ2) is 8.20. The van der Waals surface area contributed by atoms with Crippen molar-refractivity contribution in [3.05, 3.63) is 30.3 Å². The summed E-state index contributed by atoms with van der Waals surface area (Å²) in [5.74, 6) is 1.51. The molecular weight excluding hydrogens is 404 g/mol. The van der Waals surface area contributed by atoms with Crippen LogP contribution in [-0.4, -0.2) is 48.4 Å². The molecule has 32 heavy (non-hydrogen) atoms. The van der Waals surface area contributed by atoms with Gasteiger partial charge in [0.15, 0.2) is 6.10 Å². The fourth-order valence-corrected chi connectivity index (χ4v) is 7.29. The zero-order valence-corrected chi connectivity index (χ0v) is 19.2. The minimum Gasteiger partial charge on any atom is -0.451 e. The molecule has 172 valence electrons. The van der Waals surface area contributed by atoms with Crippen LogP contribution in [0.1, 0.15) is 58.3 Å². The molecule has 6 rings (SSSR count). The molecular formula is C26H34N2O4. The molecule has 5 fully saturated rings. The van der Waals surface area contributed by atoms with E-state index in [-0.39, 0.29) is 17.2 Å². The first-order valence-corrected chi connectivity index (χ1v) is 12.2. The van der Waals surface area contributed by atoms with E-state index in [2.05, 4.69) is 0 Å². The van der Waals surface area contributed by atoms with Crippen LogP contribution in [-0.2, 0) is 19.1 Å².